The zero-order valence-corrected chi connectivity index (χ0v) is 10.1. The van der Waals surface area contributed by atoms with Gasteiger partial charge < -0.3 is 10.2 Å². The Hall–Kier alpha value is -0.0800. The Morgan fingerprint density at radius 1 is 1.36 bits per heavy atom. The molecule has 0 amide bonds. The minimum atomic E-state index is 0.761. The number of rotatable bonds is 4. The molecule has 0 aliphatic carbocycles. The van der Waals surface area contributed by atoms with Crippen molar-refractivity contribution >= 4 is 0 Å². The van der Waals surface area contributed by atoms with E-state index in [-0.39, 0.29) is 0 Å². The third-order valence-electron chi connectivity index (χ3n) is 3.41. The Bertz CT molecular complexity index is 147. The fraction of sp³-hybridized carbons (Fsp3) is 1.00. The molecule has 14 heavy (non-hydrogen) atoms. The summed E-state index contributed by atoms with van der Waals surface area (Å²) < 4.78 is 0. The summed E-state index contributed by atoms with van der Waals surface area (Å²) in [4.78, 5) is 2.62. The fourth-order valence-corrected chi connectivity index (χ4v) is 2.08. The van der Waals surface area contributed by atoms with Gasteiger partial charge in [0, 0.05) is 25.7 Å². The molecule has 2 nitrogen and oxygen atoms in total. The molecular weight excluding hydrogens is 172 g/mol. The predicted octanol–water partition coefficient (Wildman–Crippen LogP) is 2.11. The van der Waals surface area contributed by atoms with Gasteiger partial charge >= 0.3 is 0 Å². The van der Waals surface area contributed by atoms with Gasteiger partial charge in [0.15, 0.2) is 0 Å². The van der Waals surface area contributed by atoms with Crippen LogP contribution in [0, 0.1) is 5.92 Å². The normalized spacial score (nSPS) is 27.2. The largest absolute Gasteiger partial charge is 0.313 e. The molecule has 1 N–H and O–H groups in total. The molecule has 84 valence electrons. The van der Waals surface area contributed by atoms with Gasteiger partial charge in [0.2, 0.25) is 0 Å². The van der Waals surface area contributed by atoms with Gasteiger partial charge in [0.05, 0.1) is 0 Å². The van der Waals surface area contributed by atoms with E-state index < -0.39 is 0 Å². The van der Waals surface area contributed by atoms with E-state index in [1.807, 2.05) is 0 Å². The SMILES string of the molecule is CCC(C)CN1CCNC(CC)CC1. The van der Waals surface area contributed by atoms with Crippen molar-refractivity contribution in [2.75, 3.05) is 26.2 Å². The molecule has 2 heteroatoms. The van der Waals surface area contributed by atoms with Crippen molar-refractivity contribution in [2.45, 2.75) is 46.1 Å². The second kappa shape index (κ2) is 6.41. The summed E-state index contributed by atoms with van der Waals surface area (Å²) in [5.74, 6) is 0.855. The molecule has 0 spiro atoms. The average molecular weight is 198 g/mol. The molecule has 1 heterocycles. The standard InChI is InChI=1S/C12H26N2/c1-4-11(3)10-14-8-6-12(5-2)13-7-9-14/h11-13H,4-10H2,1-3H3. The van der Waals surface area contributed by atoms with Crippen LogP contribution in [-0.4, -0.2) is 37.1 Å². The first-order chi connectivity index (χ1) is 6.76. The molecule has 0 aromatic rings. The number of nitrogens with one attached hydrogen (secondary N) is 1. The van der Waals surface area contributed by atoms with Crippen molar-refractivity contribution in [1.29, 1.82) is 0 Å². The van der Waals surface area contributed by atoms with Gasteiger partial charge in [-0.15, -0.1) is 0 Å². The Morgan fingerprint density at radius 3 is 2.79 bits per heavy atom. The lowest BCUT2D eigenvalue weighted by Gasteiger charge is -2.22. The van der Waals surface area contributed by atoms with Gasteiger partial charge in [0.25, 0.3) is 0 Å². The molecule has 0 radical (unpaired) electrons. The molecule has 2 atom stereocenters. The first kappa shape index (κ1) is 12.0. The van der Waals surface area contributed by atoms with Crippen LogP contribution in [0.2, 0.25) is 0 Å². The van der Waals surface area contributed by atoms with Crippen molar-refractivity contribution in [3.8, 4) is 0 Å². The monoisotopic (exact) mass is 198 g/mol. The highest BCUT2D eigenvalue weighted by Gasteiger charge is 2.15. The van der Waals surface area contributed by atoms with Crippen molar-refractivity contribution in [3.63, 3.8) is 0 Å². The fourth-order valence-electron chi connectivity index (χ4n) is 2.08. The van der Waals surface area contributed by atoms with E-state index in [0.29, 0.717) is 0 Å². The topological polar surface area (TPSA) is 15.3 Å². The molecule has 1 saturated heterocycles. The highest BCUT2D eigenvalue weighted by atomic mass is 15.2. The smallest absolute Gasteiger partial charge is 0.0107 e. The first-order valence-electron chi connectivity index (χ1n) is 6.22. The maximum Gasteiger partial charge on any atom is 0.0107 e. The van der Waals surface area contributed by atoms with Crippen LogP contribution in [-0.2, 0) is 0 Å². The van der Waals surface area contributed by atoms with E-state index >= 15 is 0 Å². The molecule has 2 unspecified atom stereocenters. The Labute approximate surface area is 89.1 Å². The van der Waals surface area contributed by atoms with Crippen molar-refractivity contribution in [1.82, 2.24) is 10.2 Å². The highest BCUT2D eigenvalue weighted by molar-refractivity contribution is 4.74. The Kier molecular flexibility index (Phi) is 5.49. The van der Waals surface area contributed by atoms with Gasteiger partial charge in [-0.2, -0.15) is 0 Å². The van der Waals surface area contributed by atoms with Crippen LogP contribution in [0.25, 0.3) is 0 Å². The van der Waals surface area contributed by atoms with Crippen molar-refractivity contribution < 1.29 is 0 Å². The molecule has 1 fully saturated rings. The van der Waals surface area contributed by atoms with Crippen LogP contribution in [0.1, 0.15) is 40.0 Å². The minimum absolute atomic E-state index is 0.761. The molecule has 0 saturated carbocycles. The summed E-state index contributed by atoms with van der Waals surface area (Å²) in [6.45, 7) is 11.9. The number of hydrogen-bond donors (Lipinski definition) is 1. The van der Waals surface area contributed by atoms with Crippen LogP contribution >= 0.6 is 0 Å². The van der Waals surface area contributed by atoms with E-state index in [4.69, 9.17) is 0 Å². The summed E-state index contributed by atoms with van der Waals surface area (Å²) >= 11 is 0. The molecule has 0 aromatic carbocycles. The van der Waals surface area contributed by atoms with Crippen LogP contribution < -0.4 is 5.32 Å². The number of hydrogen-bond acceptors (Lipinski definition) is 2. The Balaban J connectivity index is 2.27. The van der Waals surface area contributed by atoms with E-state index in [2.05, 4.69) is 31.0 Å². The lowest BCUT2D eigenvalue weighted by Crippen LogP contribution is -2.32. The maximum absolute atomic E-state index is 3.61. The van der Waals surface area contributed by atoms with Gasteiger partial charge in [-0.1, -0.05) is 27.2 Å². The van der Waals surface area contributed by atoms with Gasteiger partial charge in [0.1, 0.15) is 0 Å². The first-order valence-corrected chi connectivity index (χ1v) is 6.22. The van der Waals surface area contributed by atoms with E-state index in [1.54, 1.807) is 0 Å². The zero-order valence-electron chi connectivity index (χ0n) is 10.1. The van der Waals surface area contributed by atoms with Crippen LogP contribution in [0.3, 0.4) is 0 Å². The van der Waals surface area contributed by atoms with E-state index in [9.17, 15) is 0 Å². The highest BCUT2D eigenvalue weighted by Crippen LogP contribution is 2.09. The number of nitrogens with zero attached hydrogens (tertiary/aromatic N) is 1. The summed E-state index contributed by atoms with van der Waals surface area (Å²) in [6, 6.07) is 0.761. The van der Waals surface area contributed by atoms with Crippen molar-refractivity contribution in [3.05, 3.63) is 0 Å². The lowest BCUT2D eigenvalue weighted by atomic mass is 10.1. The maximum atomic E-state index is 3.61. The van der Waals surface area contributed by atoms with Crippen LogP contribution in [0.4, 0.5) is 0 Å². The van der Waals surface area contributed by atoms with Gasteiger partial charge in [-0.3, -0.25) is 0 Å². The average Bonchev–Trinajstić information content (AvgIpc) is 2.43. The minimum Gasteiger partial charge on any atom is -0.313 e. The van der Waals surface area contributed by atoms with Crippen LogP contribution in [0.15, 0.2) is 0 Å². The lowest BCUT2D eigenvalue weighted by molar-refractivity contribution is 0.247. The zero-order chi connectivity index (χ0) is 10.4. The summed E-state index contributed by atoms with van der Waals surface area (Å²) in [5.41, 5.74) is 0. The Morgan fingerprint density at radius 2 is 2.14 bits per heavy atom. The second-order valence-corrected chi connectivity index (χ2v) is 4.66. The quantitative estimate of drug-likeness (QED) is 0.744. The molecule has 0 bridgehead atoms. The second-order valence-electron chi connectivity index (χ2n) is 4.66. The third kappa shape index (κ3) is 3.97. The predicted molar refractivity (Wildman–Crippen MR) is 62.6 cm³/mol. The van der Waals surface area contributed by atoms with Crippen molar-refractivity contribution in [2.24, 2.45) is 5.92 Å². The van der Waals surface area contributed by atoms with Gasteiger partial charge in [-0.25, -0.2) is 0 Å². The molecule has 1 rings (SSSR count). The third-order valence-corrected chi connectivity index (χ3v) is 3.41. The van der Waals surface area contributed by atoms with Crippen LogP contribution in [0.5, 0.6) is 0 Å². The molecular formula is C12H26N2. The molecule has 1 aliphatic rings. The van der Waals surface area contributed by atoms with E-state index in [0.717, 1.165) is 12.0 Å². The molecule has 0 aromatic heterocycles. The van der Waals surface area contributed by atoms with E-state index in [1.165, 1.54) is 45.4 Å². The summed E-state index contributed by atoms with van der Waals surface area (Å²) in [5, 5.41) is 3.61. The van der Waals surface area contributed by atoms with Gasteiger partial charge in [-0.05, 0) is 25.3 Å². The molecule has 1 aliphatic heterocycles. The summed E-state index contributed by atoms with van der Waals surface area (Å²) in [7, 11) is 0. The summed E-state index contributed by atoms with van der Waals surface area (Å²) in [6.07, 6.45) is 3.91.